The van der Waals surface area contributed by atoms with Crippen LogP contribution in [0.2, 0.25) is 0 Å². The Bertz CT molecular complexity index is 739. The molecule has 168 valence electrons. The van der Waals surface area contributed by atoms with Crippen molar-refractivity contribution in [1.29, 1.82) is 0 Å². The van der Waals surface area contributed by atoms with Crippen LogP contribution in [0.15, 0.2) is 18.2 Å². The van der Waals surface area contributed by atoms with E-state index in [1.165, 1.54) is 13.2 Å². The van der Waals surface area contributed by atoms with Crippen LogP contribution in [-0.4, -0.2) is 56.0 Å². The number of halogens is 2. The number of hydrogen-bond acceptors (Lipinski definition) is 5. The fourth-order valence-corrected chi connectivity index (χ4v) is 3.35. The number of alkyl carbamates (subject to hydrolysis) is 1. The molecule has 0 aliphatic carbocycles. The van der Waals surface area contributed by atoms with Crippen LogP contribution in [0.5, 0.6) is 0 Å². The molecule has 9 heteroatoms. The van der Waals surface area contributed by atoms with Crippen LogP contribution in [0.4, 0.5) is 18.4 Å². The highest BCUT2D eigenvalue weighted by atomic mass is 19.2. The third-order valence-corrected chi connectivity index (χ3v) is 4.66. The van der Waals surface area contributed by atoms with Gasteiger partial charge in [-0.05, 0) is 51.3 Å². The molecule has 7 nitrogen and oxygen atoms in total. The average Bonchev–Trinajstić information content (AvgIpc) is 2.69. The van der Waals surface area contributed by atoms with Crippen molar-refractivity contribution in [3.8, 4) is 0 Å². The fraction of sp³-hybridized carbons (Fsp3) is 0.619. The van der Waals surface area contributed by atoms with Crippen molar-refractivity contribution in [2.24, 2.45) is 5.92 Å². The van der Waals surface area contributed by atoms with Crippen LogP contribution >= 0.6 is 0 Å². The van der Waals surface area contributed by atoms with Crippen LogP contribution in [-0.2, 0) is 14.2 Å². The summed E-state index contributed by atoms with van der Waals surface area (Å²) in [7, 11) is 1.26. The zero-order valence-corrected chi connectivity index (χ0v) is 17.9. The number of benzene rings is 1. The summed E-state index contributed by atoms with van der Waals surface area (Å²) in [5.74, 6) is -2.05. The molecule has 1 heterocycles. The van der Waals surface area contributed by atoms with E-state index in [9.17, 15) is 18.4 Å². The van der Waals surface area contributed by atoms with Crippen LogP contribution < -0.4 is 5.32 Å². The van der Waals surface area contributed by atoms with E-state index in [1.807, 2.05) is 0 Å². The average molecular weight is 428 g/mol. The molecule has 30 heavy (non-hydrogen) atoms. The number of ether oxygens (including phenoxy) is 3. The minimum absolute atomic E-state index is 0.141. The van der Waals surface area contributed by atoms with E-state index in [0.717, 1.165) is 25.0 Å². The highest BCUT2D eigenvalue weighted by Crippen LogP contribution is 2.34. The molecule has 2 amide bonds. The summed E-state index contributed by atoms with van der Waals surface area (Å²) in [4.78, 5) is 25.3. The Morgan fingerprint density at radius 3 is 2.63 bits per heavy atom. The number of amides is 2. The topological polar surface area (TPSA) is 77.1 Å². The van der Waals surface area contributed by atoms with Crippen molar-refractivity contribution in [3.63, 3.8) is 0 Å². The standard InChI is InChI=1S/C21H30F2N2O5/c1-21(2,3)30-20(27)25-10-5-6-15(13-25)18(29-11-9-24-19(26)28-4)14-7-8-16(22)17(23)12-14/h7-8,12,15,18H,5-6,9-11,13H2,1-4H3,(H,24,26)/t15?,18-/m0/s1. The Labute approximate surface area is 175 Å². The second-order valence-corrected chi connectivity index (χ2v) is 8.21. The van der Waals surface area contributed by atoms with Crippen LogP contribution in [0.25, 0.3) is 0 Å². The van der Waals surface area contributed by atoms with Gasteiger partial charge in [-0.3, -0.25) is 0 Å². The lowest BCUT2D eigenvalue weighted by Gasteiger charge is -2.37. The lowest BCUT2D eigenvalue weighted by Crippen LogP contribution is -2.44. The van der Waals surface area contributed by atoms with E-state index in [-0.39, 0.29) is 19.1 Å². The molecule has 2 rings (SSSR count). The van der Waals surface area contributed by atoms with Gasteiger partial charge in [0.25, 0.3) is 0 Å². The van der Waals surface area contributed by atoms with E-state index in [4.69, 9.17) is 9.47 Å². The third-order valence-electron chi connectivity index (χ3n) is 4.66. The van der Waals surface area contributed by atoms with E-state index in [1.54, 1.807) is 25.7 Å². The minimum atomic E-state index is -0.964. The Hall–Kier alpha value is -2.42. The molecule has 0 bridgehead atoms. The number of carbonyl (C=O) groups excluding carboxylic acids is 2. The summed E-state index contributed by atoms with van der Waals surface area (Å²) in [5, 5.41) is 2.51. The molecule has 1 aromatic carbocycles. The lowest BCUT2D eigenvalue weighted by molar-refractivity contribution is -0.0247. The lowest BCUT2D eigenvalue weighted by atomic mass is 9.88. The maximum atomic E-state index is 13.8. The summed E-state index contributed by atoms with van der Waals surface area (Å²) in [6, 6.07) is 3.64. The first kappa shape index (κ1) is 23.9. The van der Waals surface area contributed by atoms with Gasteiger partial charge in [-0.15, -0.1) is 0 Å². The Morgan fingerprint density at radius 1 is 1.27 bits per heavy atom. The van der Waals surface area contributed by atoms with Gasteiger partial charge in [-0.1, -0.05) is 6.07 Å². The van der Waals surface area contributed by atoms with Crippen LogP contribution in [0, 0.1) is 17.6 Å². The predicted octanol–water partition coefficient (Wildman–Crippen LogP) is 4.03. The van der Waals surface area contributed by atoms with Gasteiger partial charge in [0.2, 0.25) is 0 Å². The largest absolute Gasteiger partial charge is 0.453 e. The Balaban J connectivity index is 2.12. The van der Waals surface area contributed by atoms with Gasteiger partial charge >= 0.3 is 12.2 Å². The molecule has 1 aliphatic rings. The SMILES string of the molecule is COC(=O)NCCO[C@@H](c1ccc(F)c(F)c1)C1CCCN(C(=O)OC(C)(C)C)C1. The van der Waals surface area contributed by atoms with Crippen molar-refractivity contribution in [3.05, 3.63) is 35.4 Å². The van der Waals surface area contributed by atoms with Gasteiger partial charge in [0.1, 0.15) is 5.60 Å². The third kappa shape index (κ3) is 7.12. The zero-order chi connectivity index (χ0) is 22.3. The molecule has 2 atom stereocenters. The number of methoxy groups -OCH3 is 1. The number of nitrogens with zero attached hydrogens (tertiary/aromatic N) is 1. The molecular weight excluding hydrogens is 398 g/mol. The van der Waals surface area contributed by atoms with Crippen molar-refractivity contribution >= 4 is 12.2 Å². The second kappa shape index (κ2) is 10.6. The molecule has 1 N–H and O–H groups in total. The first-order valence-corrected chi connectivity index (χ1v) is 9.97. The second-order valence-electron chi connectivity index (χ2n) is 8.21. The number of nitrogens with one attached hydrogen (secondary N) is 1. The first-order valence-electron chi connectivity index (χ1n) is 9.97. The van der Waals surface area contributed by atoms with Crippen molar-refractivity contribution < 1.29 is 32.6 Å². The molecule has 0 radical (unpaired) electrons. The summed E-state index contributed by atoms with van der Waals surface area (Å²) in [6.07, 6.45) is -0.105. The summed E-state index contributed by atoms with van der Waals surface area (Å²) in [6.45, 7) is 6.65. The molecule has 0 saturated carbocycles. The van der Waals surface area contributed by atoms with E-state index < -0.39 is 35.5 Å². The van der Waals surface area contributed by atoms with Gasteiger partial charge in [-0.25, -0.2) is 18.4 Å². The summed E-state index contributed by atoms with van der Waals surface area (Å²) in [5.41, 5.74) is -0.137. The highest BCUT2D eigenvalue weighted by molar-refractivity contribution is 5.68. The minimum Gasteiger partial charge on any atom is -0.453 e. The highest BCUT2D eigenvalue weighted by Gasteiger charge is 2.33. The van der Waals surface area contributed by atoms with Gasteiger partial charge in [-0.2, -0.15) is 0 Å². The van der Waals surface area contributed by atoms with E-state index in [2.05, 4.69) is 10.1 Å². The quantitative estimate of drug-likeness (QED) is 0.693. The molecule has 1 aromatic rings. The molecule has 1 aliphatic heterocycles. The molecule has 1 fully saturated rings. The smallest absolute Gasteiger partial charge is 0.410 e. The maximum Gasteiger partial charge on any atom is 0.410 e. The molecule has 1 unspecified atom stereocenters. The van der Waals surface area contributed by atoms with Crippen LogP contribution in [0.1, 0.15) is 45.3 Å². The van der Waals surface area contributed by atoms with Crippen molar-refractivity contribution in [1.82, 2.24) is 10.2 Å². The normalized spacial score (nSPS) is 17.9. The van der Waals surface area contributed by atoms with Crippen LogP contribution in [0.3, 0.4) is 0 Å². The number of likely N-dealkylation sites (tertiary alicyclic amines) is 1. The van der Waals surface area contributed by atoms with Gasteiger partial charge in [0.05, 0.1) is 19.8 Å². The molecule has 0 spiro atoms. The zero-order valence-electron chi connectivity index (χ0n) is 17.9. The molecule has 0 aromatic heterocycles. The van der Waals surface area contributed by atoms with Gasteiger partial charge < -0.3 is 24.4 Å². The number of rotatable bonds is 6. The number of carbonyl (C=O) groups is 2. The first-order chi connectivity index (χ1) is 14.1. The van der Waals surface area contributed by atoms with E-state index in [0.29, 0.717) is 18.7 Å². The Kier molecular flexibility index (Phi) is 8.40. The maximum absolute atomic E-state index is 13.8. The summed E-state index contributed by atoms with van der Waals surface area (Å²) < 4.78 is 43.2. The van der Waals surface area contributed by atoms with Gasteiger partial charge in [0, 0.05) is 25.6 Å². The van der Waals surface area contributed by atoms with Gasteiger partial charge in [0.15, 0.2) is 11.6 Å². The Morgan fingerprint density at radius 2 is 2.00 bits per heavy atom. The molecular formula is C21H30F2N2O5. The van der Waals surface area contributed by atoms with Crippen molar-refractivity contribution in [2.75, 3.05) is 33.4 Å². The number of piperidine rings is 1. The predicted molar refractivity (Wildman–Crippen MR) is 106 cm³/mol. The monoisotopic (exact) mass is 428 g/mol. The van der Waals surface area contributed by atoms with Crippen molar-refractivity contribution in [2.45, 2.75) is 45.3 Å². The summed E-state index contributed by atoms with van der Waals surface area (Å²) >= 11 is 0. The molecule has 1 saturated heterocycles. The number of hydrogen-bond donors (Lipinski definition) is 1. The van der Waals surface area contributed by atoms with E-state index >= 15 is 0 Å². The fourth-order valence-electron chi connectivity index (χ4n) is 3.35.